The molecule has 1 heterocycles. The van der Waals surface area contributed by atoms with E-state index >= 15 is 0 Å². The van der Waals surface area contributed by atoms with Gasteiger partial charge in [-0.2, -0.15) is 5.10 Å². The Kier molecular flexibility index (Phi) is 3.87. The molecule has 0 aliphatic heterocycles. The van der Waals surface area contributed by atoms with E-state index in [1.807, 2.05) is 6.92 Å². The van der Waals surface area contributed by atoms with Crippen molar-refractivity contribution in [1.82, 2.24) is 10.2 Å². The zero-order chi connectivity index (χ0) is 14.9. The van der Waals surface area contributed by atoms with E-state index in [1.54, 1.807) is 0 Å². The summed E-state index contributed by atoms with van der Waals surface area (Å²) in [6.07, 6.45) is 2.10. The molecule has 2 aromatic rings. The zero-order valence-corrected chi connectivity index (χ0v) is 12.0. The van der Waals surface area contributed by atoms with Gasteiger partial charge >= 0.3 is 0 Å². The van der Waals surface area contributed by atoms with Crippen molar-refractivity contribution < 1.29 is 12.8 Å². The Labute approximate surface area is 120 Å². The van der Waals surface area contributed by atoms with Crippen LogP contribution in [0.25, 0.3) is 0 Å². The predicted octanol–water partition coefficient (Wildman–Crippen LogP) is 2.15. The molecule has 0 spiro atoms. The first-order valence-electron chi connectivity index (χ1n) is 5.64. The van der Waals surface area contributed by atoms with Crippen LogP contribution < -0.4 is 10.5 Å². The van der Waals surface area contributed by atoms with Crippen LogP contribution >= 0.6 is 11.6 Å². The Bertz CT molecular complexity index is 745. The van der Waals surface area contributed by atoms with Gasteiger partial charge in [-0.3, -0.25) is 9.82 Å². The second-order valence-electron chi connectivity index (χ2n) is 4.03. The van der Waals surface area contributed by atoms with E-state index in [2.05, 4.69) is 14.9 Å². The number of rotatable bonds is 4. The first-order chi connectivity index (χ1) is 9.35. The van der Waals surface area contributed by atoms with E-state index in [-0.39, 0.29) is 21.4 Å². The molecule has 108 valence electrons. The van der Waals surface area contributed by atoms with Crippen molar-refractivity contribution in [3.05, 3.63) is 34.7 Å². The fourth-order valence-corrected chi connectivity index (χ4v) is 3.22. The SMILES string of the molecule is CCc1cn[nH]c1NS(=O)(=O)c1cc(N)c(F)cc1Cl. The summed E-state index contributed by atoms with van der Waals surface area (Å²) < 4.78 is 40.0. The zero-order valence-electron chi connectivity index (χ0n) is 10.4. The number of hydrogen-bond acceptors (Lipinski definition) is 4. The summed E-state index contributed by atoms with van der Waals surface area (Å²) in [5, 5.41) is 6.05. The summed E-state index contributed by atoms with van der Waals surface area (Å²) in [7, 11) is -3.99. The molecule has 6 nitrogen and oxygen atoms in total. The van der Waals surface area contributed by atoms with Gasteiger partial charge in [-0.15, -0.1) is 0 Å². The Morgan fingerprint density at radius 1 is 1.50 bits per heavy atom. The topological polar surface area (TPSA) is 101 Å². The van der Waals surface area contributed by atoms with Crippen LogP contribution in [0.1, 0.15) is 12.5 Å². The minimum Gasteiger partial charge on any atom is -0.396 e. The number of nitrogen functional groups attached to an aromatic ring is 1. The van der Waals surface area contributed by atoms with Crippen LogP contribution in [0.2, 0.25) is 5.02 Å². The molecule has 0 bridgehead atoms. The quantitative estimate of drug-likeness (QED) is 0.752. The summed E-state index contributed by atoms with van der Waals surface area (Å²) in [5.74, 6) is -0.531. The third kappa shape index (κ3) is 2.70. The van der Waals surface area contributed by atoms with E-state index in [4.69, 9.17) is 17.3 Å². The highest BCUT2D eigenvalue weighted by Crippen LogP contribution is 2.28. The number of hydrogen-bond donors (Lipinski definition) is 3. The molecule has 1 aromatic carbocycles. The van der Waals surface area contributed by atoms with Gasteiger partial charge in [-0.05, 0) is 18.6 Å². The van der Waals surface area contributed by atoms with E-state index in [0.717, 1.165) is 12.1 Å². The predicted molar refractivity (Wildman–Crippen MR) is 74.6 cm³/mol. The molecular weight excluding hydrogens is 307 g/mol. The average Bonchev–Trinajstić information content (AvgIpc) is 2.80. The van der Waals surface area contributed by atoms with Crippen LogP contribution in [-0.4, -0.2) is 18.6 Å². The van der Waals surface area contributed by atoms with E-state index < -0.39 is 15.8 Å². The minimum absolute atomic E-state index is 0.242. The molecule has 0 saturated carbocycles. The highest BCUT2D eigenvalue weighted by atomic mass is 35.5. The van der Waals surface area contributed by atoms with Crippen LogP contribution in [-0.2, 0) is 16.4 Å². The molecule has 0 radical (unpaired) electrons. The summed E-state index contributed by atoms with van der Waals surface area (Å²) in [6.45, 7) is 1.85. The standard InChI is InChI=1S/C11H12ClFN4O2S/c1-2-6-5-15-16-11(6)17-20(18,19)10-4-9(14)8(13)3-7(10)12/h3-5H,2,14H2,1H3,(H2,15,16,17). The van der Waals surface area contributed by atoms with Gasteiger partial charge in [-0.25, -0.2) is 12.8 Å². The first kappa shape index (κ1) is 14.6. The molecular formula is C11H12ClFN4O2S. The second kappa shape index (κ2) is 5.29. The lowest BCUT2D eigenvalue weighted by Gasteiger charge is -2.10. The van der Waals surface area contributed by atoms with Crippen molar-refractivity contribution in [3.8, 4) is 0 Å². The van der Waals surface area contributed by atoms with Gasteiger partial charge in [0, 0.05) is 5.56 Å². The summed E-state index contributed by atoms with van der Waals surface area (Å²) in [4.78, 5) is -0.297. The number of halogens is 2. The van der Waals surface area contributed by atoms with Crippen molar-refractivity contribution in [2.45, 2.75) is 18.2 Å². The number of H-pyrrole nitrogens is 1. The fraction of sp³-hybridized carbons (Fsp3) is 0.182. The Balaban J connectivity index is 2.43. The molecule has 0 saturated heterocycles. The lowest BCUT2D eigenvalue weighted by atomic mass is 10.3. The van der Waals surface area contributed by atoms with Gasteiger partial charge in [0.25, 0.3) is 10.0 Å². The molecule has 0 atom stereocenters. The van der Waals surface area contributed by atoms with Crippen molar-refractivity contribution in [2.75, 3.05) is 10.5 Å². The van der Waals surface area contributed by atoms with Gasteiger partial charge < -0.3 is 5.73 Å². The van der Waals surface area contributed by atoms with Crippen molar-refractivity contribution >= 4 is 33.1 Å². The number of sulfonamides is 1. The van der Waals surface area contributed by atoms with E-state index in [9.17, 15) is 12.8 Å². The monoisotopic (exact) mass is 318 g/mol. The molecule has 4 N–H and O–H groups in total. The summed E-state index contributed by atoms with van der Waals surface area (Å²) in [5.41, 5.74) is 5.77. The van der Waals surface area contributed by atoms with Crippen molar-refractivity contribution in [3.63, 3.8) is 0 Å². The van der Waals surface area contributed by atoms with Gasteiger partial charge in [0.15, 0.2) is 0 Å². The van der Waals surface area contributed by atoms with Gasteiger partial charge in [0.1, 0.15) is 16.5 Å². The first-order valence-corrected chi connectivity index (χ1v) is 7.51. The van der Waals surface area contributed by atoms with Crippen LogP contribution in [0, 0.1) is 5.82 Å². The largest absolute Gasteiger partial charge is 0.396 e. The fourth-order valence-electron chi connectivity index (χ4n) is 1.61. The Morgan fingerprint density at radius 3 is 2.85 bits per heavy atom. The molecule has 0 aliphatic carbocycles. The van der Waals surface area contributed by atoms with Crippen molar-refractivity contribution in [2.24, 2.45) is 0 Å². The normalized spacial score (nSPS) is 11.6. The molecule has 2 rings (SSSR count). The third-order valence-corrected chi connectivity index (χ3v) is 4.49. The lowest BCUT2D eigenvalue weighted by Crippen LogP contribution is -2.15. The van der Waals surface area contributed by atoms with Crippen LogP contribution in [0.15, 0.2) is 23.2 Å². The number of aromatic nitrogens is 2. The summed E-state index contributed by atoms with van der Waals surface area (Å²) >= 11 is 5.76. The molecule has 0 unspecified atom stereocenters. The van der Waals surface area contributed by atoms with Gasteiger partial charge in [0.05, 0.1) is 16.9 Å². The van der Waals surface area contributed by atoms with Crippen LogP contribution in [0.3, 0.4) is 0 Å². The van der Waals surface area contributed by atoms with Crippen LogP contribution in [0.5, 0.6) is 0 Å². The Morgan fingerprint density at radius 2 is 2.20 bits per heavy atom. The Hall–Kier alpha value is -1.80. The second-order valence-corrected chi connectivity index (χ2v) is 6.09. The van der Waals surface area contributed by atoms with Crippen LogP contribution in [0.4, 0.5) is 15.9 Å². The maximum atomic E-state index is 13.2. The maximum absolute atomic E-state index is 13.2. The average molecular weight is 319 g/mol. The summed E-state index contributed by atoms with van der Waals surface area (Å²) in [6, 6.07) is 1.83. The highest BCUT2D eigenvalue weighted by Gasteiger charge is 2.21. The van der Waals surface area contributed by atoms with Crippen molar-refractivity contribution in [1.29, 1.82) is 0 Å². The number of benzene rings is 1. The number of nitrogens with two attached hydrogens (primary N) is 1. The molecule has 0 aliphatic rings. The van der Waals surface area contributed by atoms with E-state index in [1.165, 1.54) is 6.20 Å². The minimum atomic E-state index is -3.99. The third-order valence-electron chi connectivity index (χ3n) is 2.68. The maximum Gasteiger partial charge on any atom is 0.264 e. The number of aromatic amines is 1. The number of nitrogens with zero attached hydrogens (tertiary/aromatic N) is 1. The number of anilines is 2. The molecule has 1 aromatic heterocycles. The molecule has 9 heteroatoms. The lowest BCUT2D eigenvalue weighted by molar-refractivity contribution is 0.600. The highest BCUT2D eigenvalue weighted by molar-refractivity contribution is 7.92. The van der Waals surface area contributed by atoms with Gasteiger partial charge in [-0.1, -0.05) is 18.5 Å². The molecule has 0 fully saturated rings. The molecule has 20 heavy (non-hydrogen) atoms. The van der Waals surface area contributed by atoms with Gasteiger partial charge in [0.2, 0.25) is 0 Å². The smallest absolute Gasteiger partial charge is 0.264 e. The number of aryl methyl sites for hydroxylation is 1. The van der Waals surface area contributed by atoms with E-state index in [0.29, 0.717) is 12.0 Å². The molecule has 0 amide bonds. The number of nitrogens with one attached hydrogen (secondary N) is 2.